The summed E-state index contributed by atoms with van der Waals surface area (Å²) in [6.07, 6.45) is 5.42. The van der Waals surface area contributed by atoms with E-state index in [-0.39, 0.29) is 12.1 Å². The minimum Gasteiger partial charge on any atom is -0.380 e. The SMILES string of the molecule is COCc1cccnc1N(C)C1CCN(c2cc3cc(NS(C)(=O)=O)ccc3[nH]2)C(C=O)C1. The first-order valence-electron chi connectivity index (χ1n) is 10.8. The molecule has 1 saturated heterocycles. The van der Waals surface area contributed by atoms with Gasteiger partial charge in [0, 0.05) is 55.1 Å². The van der Waals surface area contributed by atoms with Gasteiger partial charge in [0.25, 0.3) is 0 Å². The number of nitrogens with zero attached hydrogens (tertiary/aromatic N) is 3. The molecule has 1 aliphatic rings. The number of pyridine rings is 1. The van der Waals surface area contributed by atoms with Crippen molar-refractivity contribution in [3.05, 3.63) is 48.2 Å². The molecule has 9 nitrogen and oxygen atoms in total. The summed E-state index contributed by atoms with van der Waals surface area (Å²) < 4.78 is 30.9. The molecule has 33 heavy (non-hydrogen) atoms. The molecular formula is C23H29N5O4S. The number of piperidine rings is 1. The largest absolute Gasteiger partial charge is 0.380 e. The molecule has 2 unspecified atom stereocenters. The number of rotatable bonds is 8. The van der Waals surface area contributed by atoms with E-state index < -0.39 is 10.0 Å². The van der Waals surface area contributed by atoms with Crippen LogP contribution < -0.4 is 14.5 Å². The molecule has 0 saturated carbocycles. The highest BCUT2D eigenvalue weighted by Crippen LogP contribution is 2.31. The van der Waals surface area contributed by atoms with E-state index in [1.165, 1.54) is 0 Å². The first-order valence-corrected chi connectivity index (χ1v) is 12.7. The predicted molar refractivity (Wildman–Crippen MR) is 130 cm³/mol. The molecule has 1 aliphatic heterocycles. The number of methoxy groups -OCH3 is 1. The lowest BCUT2D eigenvalue weighted by Gasteiger charge is -2.41. The zero-order valence-corrected chi connectivity index (χ0v) is 19.8. The van der Waals surface area contributed by atoms with Crippen molar-refractivity contribution < 1.29 is 17.9 Å². The van der Waals surface area contributed by atoms with Crippen LogP contribution >= 0.6 is 0 Å². The number of sulfonamides is 1. The van der Waals surface area contributed by atoms with Crippen LogP contribution in [0.15, 0.2) is 42.6 Å². The summed E-state index contributed by atoms with van der Waals surface area (Å²) in [4.78, 5) is 24.2. The lowest BCUT2D eigenvalue weighted by Crippen LogP contribution is -2.50. The Hall–Kier alpha value is -3.11. The second kappa shape index (κ2) is 9.40. The smallest absolute Gasteiger partial charge is 0.229 e. The van der Waals surface area contributed by atoms with Gasteiger partial charge in [0.15, 0.2) is 0 Å². The Morgan fingerprint density at radius 2 is 2.15 bits per heavy atom. The van der Waals surface area contributed by atoms with Gasteiger partial charge in [-0.2, -0.15) is 0 Å². The maximum atomic E-state index is 12.1. The fraction of sp³-hybridized carbons (Fsp3) is 0.391. The number of benzene rings is 1. The summed E-state index contributed by atoms with van der Waals surface area (Å²) >= 11 is 0. The van der Waals surface area contributed by atoms with Gasteiger partial charge in [-0.3, -0.25) is 4.72 Å². The summed E-state index contributed by atoms with van der Waals surface area (Å²) in [5.41, 5.74) is 2.40. The molecule has 1 fully saturated rings. The maximum Gasteiger partial charge on any atom is 0.229 e. The molecule has 2 N–H and O–H groups in total. The first kappa shape index (κ1) is 23.1. The van der Waals surface area contributed by atoms with Gasteiger partial charge in [0.2, 0.25) is 10.0 Å². The number of aromatic amines is 1. The van der Waals surface area contributed by atoms with Crippen LogP contribution in [0.4, 0.5) is 17.3 Å². The Bertz CT molecular complexity index is 1240. The van der Waals surface area contributed by atoms with Crippen molar-refractivity contribution >= 4 is 44.5 Å². The molecule has 10 heteroatoms. The fourth-order valence-corrected chi connectivity index (χ4v) is 5.05. The van der Waals surface area contributed by atoms with E-state index in [2.05, 4.69) is 24.5 Å². The molecule has 0 bridgehead atoms. The van der Waals surface area contributed by atoms with Crippen molar-refractivity contribution in [2.75, 3.05) is 41.5 Å². The zero-order chi connectivity index (χ0) is 23.6. The topological polar surface area (TPSA) is 108 Å². The van der Waals surface area contributed by atoms with Gasteiger partial charge in [-0.25, -0.2) is 13.4 Å². The number of aldehydes is 1. The molecule has 0 spiro atoms. The zero-order valence-electron chi connectivity index (χ0n) is 19.0. The summed E-state index contributed by atoms with van der Waals surface area (Å²) in [5.74, 6) is 1.72. The Kier molecular flexibility index (Phi) is 6.57. The standard InChI is InChI=1S/C23H29N5O4S/c1-27(23-16(15-32-2)5-4-9-24-23)19-8-10-28(20(13-19)14-29)22-12-17-11-18(26-33(3,30)31)6-7-21(17)25-22/h4-7,9,11-12,14,19-20,25-26H,8,10,13,15H2,1-3H3. The van der Waals surface area contributed by atoms with E-state index in [4.69, 9.17) is 4.74 Å². The molecule has 2 aromatic heterocycles. The highest BCUT2D eigenvalue weighted by atomic mass is 32.2. The minimum atomic E-state index is -3.35. The van der Waals surface area contributed by atoms with Gasteiger partial charge >= 0.3 is 0 Å². The van der Waals surface area contributed by atoms with Crippen LogP contribution in [0, 0.1) is 0 Å². The van der Waals surface area contributed by atoms with Crippen LogP contribution in [-0.2, 0) is 26.2 Å². The molecule has 176 valence electrons. The molecular weight excluding hydrogens is 442 g/mol. The number of fused-ring (bicyclic) bond motifs is 1. The number of hydrogen-bond donors (Lipinski definition) is 2. The third-order valence-electron chi connectivity index (χ3n) is 6.04. The number of H-pyrrole nitrogens is 1. The lowest BCUT2D eigenvalue weighted by atomic mass is 9.96. The van der Waals surface area contributed by atoms with E-state index >= 15 is 0 Å². The normalized spacial score (nSPS) is 18.9. The summed E-state index contributed by atoms with van der Waals surface area (Å²) in [7, 11) is 0.331. The Morgan fingerprint density at radius 1 is 1.33 bits per heavy atom. The quantitative estimate of drug-likeness (QED) is 0.487. The second-order valence-corrected chi connectivity index (χ2v) is 10.2. The first-order chi connectivity index (χ1) is 15.8. The van der Waals surface area contributed by atoms with Crippen molar-refractivity contribution in [1.82, 2.24) is 9.97 Å². The number of aromatic nitrogens is 2. The van der Waals surface area contributed by atoms with E-state index in [1.54, 1.807) is 25.4 Å². The van der Waals surface area contributed by atoms with E-state index in [0.717, 1.165) is 47.1 Å². The molecule has 4 rings (SSSR count). The van der Waals surface area contributed by atoms with Crippen molar-refractivity contribution in [2.45, 2.75) is 31.5 Å². The van der Waals surface area contributed by atoms with E-state index in [9.17, 15) is 13.2 Å². The molecule has 0 aliphatic carbocycles. The molecule has 3 aromatic rings. The van der Waals surface area contributed by atoms with Crippen LogP contribution in [0.5, 0.6) is 0 Å². The summed E-state index contributed by atoms with van der Waals surface area (Å²) in [5, 5.41) is 0.875. The van der Waals surface area contributed by atoms with E-state index in [1.807, 2.05) is 31.3 Å². The van der Waals surface area contributed by atoms with Gasteiger partial charge < -0.3 is 24.3 Å². The Morgan fingerprint density at radius 3 is 2.88 bits per heavy atom. The predicted octanol–water partition coefficient (Wildman–Crippen LogP) is 2.75. The maximum absolute atomic E-state index is 12.1. The van der Waals surface area contributed by atoms with Gasteiger partial charge in [0.1, 0.15) is 17.9 Å². The van der Waals surface area contributed by atoms with Crippen LogP contribution in [0.2, 0.25) is 0 Å². The van der Waals surface area contributed by atoms with Crippen LogP contribution in [0.3, 0.4) is 0 Å². The third-order valence-corrected chi connectivity index (χ3v) is 6.65. The molecule has 0 radical (unpaired) electrons. The average molecular weight is 472 g/mol. The number of anilines is 3. The number of nitrogens with one attached hydrogen (secondary N) is 2. The molecule has 0 amide bonds. The number of hydrogen-bond acceptors (Lipinski definition) is 7. The van der Waals surface area contributed by atoms with Gasteiger partial charge in [0.05, 0.1) is 18.9 Å². The lowest BCUT2D eigenvalue weighted by molar-refractivity contribution is -0.109. The van der Waals surface area contributed by atoms with Gasteiger partial charge in [-0.05, 0) is 43.2 Å². The van der Waals surface area contributed by atoms with Crippen molar-refractivity contribution in [2.24, 2.45) is 0 Å². The number of ether oxygens (including phenoxy) is 1. The molecule has 2 atom stereocenters. The number of carbonyl (C=O) groups excluding carboxylic acids is 1. The van der Waals surface area contributed by atoms with E-state index in [0.29, 0.717) is 25.3 Å². The summed E-state index contributed by atoms with van der Waals surface area (Å²) in [6.45, 7) is 1.18. The molecule has 3 heterocycles. The highest BCUT2D eigenvalue weighted by Gasteiger charge is 2.32. The monoisotopic (exact) mass is 471 g/mol. The van der Waals surface area contributed by atoms with Crippen molar-refractivity contribution in [1.29, 1.82) is 0 Å². The van der Waals surface area contributed by atoms with Gasteiger partial charge in [-0.15, -0.1) is 0 Å². The van der Waals surface area contributed by atoms with Crippen LogP contribution in [-0.4, -0.2) is 63.7 Å². The third kappa shape index (κ3) is 5.12. The summed E-state index contributed by atoms with van der Waals surface area (Å²) in [6, 6.07) is 11.1. The fourth-order valence-electron chi connectivity index (χ4n) is 4.50. The van der Waals surface area contributed by atoms with Crippen molar-refractivity contribution in [3.8, 4) is 0 Å². The van der Waals surface area contributed by atoms with Gasteiger partial charge in [-0.1, -0.05) is 6.07 Å². The average Bonchev–Trinajstić information content (AvgIpc) is 3.21. The van der Waals surface area contributed by atoms with Crippen LogP contribution in [0.1, 0.15) is 18.4 Å². The van der Waals surface area contributed by atoms with Crippen molar-refractivity contribution in [3.63, 3.8) is 0 Å². The Labute approximate surface area is 193 Å². The van der Waals surface area contributed by atoms with Crippen LogP contribution in [0.25, 0.3) is 10.9 Å². The highest BCUT2D eigenvalue weighted by molar-refractivity contribution is 7.92. The number of carbonyl (C=O) groups is 1. The second-order valence-electron chi connectivity index (χ2n) is 8.44. The Balaban J connectivity index is 1.53. The minimum absolute atomic E-state index is 0.164. The molecule has 1 aromatic carbocycles.